The molecule has 0 radical (unpaired) electrons. The Morgan fingerprint density at radius 3 is 2.47 bits per heavy atom. The summed E-state index contributed by atoms with van der Waals surface area (Å²) in [7, 11) is 0. The van der Waals surface area contributed by atoms with Gasteiger partial charge in [-0.1, -0.05) is 56.5 Å². The van der Waals surface area contributed by atoms with Crippen molar-refractivity contribution in [3.63, 3.8) is 0 Å². The van der Waals surface area contributed by atoms with Crippen molar-refractivity contribution in [2.45, 2.75) is 63.4 Å². The molecule has 1 nitrogen and oxygen atoms in total. The van der Waals surface area contributed by atoms with E-state index >= 15 is 0 Å². The van der Waals surface area contributed by atoms with E-state index in [2.05, 4.69) is 0 Å². The topological polar surface area (TPSA) is 20.2 Å². The second-order valence-electron chi connectivity index (χ2n) is 6.28. The molecule has 2 saturated carbocycles. The van der Waals surface area contributed by atoms with E-state index in [0.29, 0.717) is 5.92 Å². The maximum absolute atomic E-state index is 11.3. The summed E-state index contributed by atoms with van der Waals surface area (Å²) < 4.78 is 0.802. The molecule has 1 heterocycles. The minimum Gasteiger partial charge on any atom is -0.384 e. The highest BCUT2D eigenvalue weighted by Crippen LogP contribution is 2.50. The van der Waals surface area contributed by atoms with Crippen molar-refractivity contribution in [2.75, 3.05) is 0 Å². The number of thiophene rings is 1. The Hall–Kier alpha value is -0.0500. The van der Waals surface area contributed by atoms with Gasteiger partial charge in [-0.05, 0) is 36.8 Å². The predicted molar refractivity (Wildman–Crippen MR) is 81.8 cm³/mol. The molecule has 3 heteroatoms. The van der Waals surface area contributed by atoms with E-state index in [1.807, 2.05) is 12.1 Å². The summed E-state index contributed by atoms with van der Waals surface area (Å²) in [5.74, 6) is 1.18. The first-order chi connectivity index (χ1) is 9.20. The van der Waals surface area contributed by atoms with Gasteiger partial charge in [0, 0.05) is 4.88 Å². The van der Waals surface area contributed by atoms with Gasteiger partial charge in [-0.25, -0.2) is 0 Å². The minimum absolute atomic E-state index is 0.455. The van der Waals surface area contributed by atoms with Crippen molar-refractivity contribution in [1.29, 1.82) is 0 Å². The van der Waals surface area contributed by atoms with Crippen LogP contribution in [0.2, 0.25) is 4.34 Å². The molecule has 2 atom stereocenters. The van der Waals surface area contributed by atoms with Crippen molar-refractivity contribution in [3.8, 4) is 0 Å². The van der Waals surface area contributed by atoms with E-state index < -0.39 is 5.60 Å². The lowest BCUT2D eigenvalue weighted by atomic mass is 9.65. The van der Waals surface area contributed by atoms with Gasteiger partial charge in [-0.2, -0.15) is 0 Å². The number of halogens is 1. The third-order valence-corrected chi connectivity index (χ3v) is 6.55. The van der Waals surface area contributed by atoms with Crippen LogP contribution >= 0.6 is 22.9 Å². The summed E-state index contributed by atoms with van der Waals surface area (Å²) >= 11 is 7.66. The molecule has 1 N–H and O–H groups in total. The molecule has 1 aromatic heterocycles. The minimum atomic E-state index is -0.599. The second-order valence-corrected chi connectivity index (χ2v) is 7.99. The predicted octanol–water partition coefficient (Wildman–Crippen LogP) is 5.36. The van der Waals surface area contributed by atoms with Crippen molar-refractivity contribution < 1.29 is 5.11 Å². The van der Waals surface area contributed by atoms with E-state index in [9.17, 15) is 5.11 Å². The lowest BCUT2D eigenvalue weighted by molar-refractivity contribution is -0.0807. The van der Waals surface area contributed by atoms with E-state index in [4.69, 9.17) is 11.6 Å². The van der Waals surface area contributed by atoms with Crippen molar-refractivity contribution in [2.24, 2.45) is 11.8 Å². The standard InChI is InChI=1S/C16H23ClOS/c17-15-10-9-14(19-15)16(18)11-5-4-8-13(16)12-6-2-1-3-7-12/h9-10,12-13,18H,1-8,11H2. The van der Waals surface area contributed by atoms with Crippen LogP contribution in [0, 0.1) is 11.8 Å². The van der Waals surface area contributed by atoms with Gasteiger partial charge < -0.3 is 5.11 Å². The van der Waals surface area contributed by atoms with Gasteiger partial charge in [-0.15, -0.1) is 11.3 Å². The molecule has 0 amide bonds. The van der Waals surface area contributed by atoms with Crippen LogP contribution in [0.3, 0.4) is 0 Å². The van der Waals surface area contributed by atoms with Gasteiger partial charge in [-0.3, -0.25) is 0 Å². The van der Waals surface area contributed by atoms with Crippen molar-refractivity contribution in [1.82, 2.24) is 0 Å². The number of rotatable bonds is 2. The van der Waals surface area contributed by atoms with Crippen LogP contribution in [0.5, 0.6) is 0 Å². The number of aliphatic hydroxyl groups is 1. The average Bonchev–Trinajstić information content (AvgIpc) is 2.88. The summed E-state index contributed by atoms with van der Waals surface area (Å²) in [5.41, 5.74) is -0.599. The molecule has 19 heavy (non-hydrogen) atoms. The van der Waals surface area contributed by atoms with Crippen molar-refractivity contribution >= 4 is 22.9 Å². The molecular formula is C16H23ClOS. The van der Waals surface area contributed by atoms with E-state index in [1.54, 1.807) is 11.3 Å². The molecule has 2 aliphatic carbocycles. The highest BCUT2D eigenvalue weighted by molar-refractivity contribution is 7.16. The van der Waals surface area contributed by atoms with Crippen LogP contribution in [0.4, 0.5) is 0 Å². The van der Waals surface area contributed by atoms with Crippen LogP contribution < -0.4 is 0 Å². The first kappa shape index (κ1) is 13.9. The molecule has 1 aromatic rings. The van der Waals surface area contributed by atoms with Crippen LogP contribution in [0.25, 0.3) is 0 Å². The zero-order valence-electron chi connectivity index (χ0n) is 11.4. The van der Waals surface area contributed by atoms with Gasteiger partial charge >= 0.3 is 0 Å². The Kier molecular flexibility index (Phi) is 4.21. The molecule has 0 aromatic carbocycles. The molecule has 0 saturated heterocycles. The second kappa shape index (κ2) is 5.75. The van der Waals surface area contributed by atoms with Crippen LogP contribution in [-0.2, 0) is 5.60 Å². The monoisotopic (exact) mass is 298 g/mol. The van der Waals surface area contributed by atoms with E-state index in [0.717, 1.165) is 28.0 Å². The fourth-order valence-electron chi connectivity index (χ4n) is 4.20. The molecule has 106 valence electrons. The zero-order valence-corrected chi connectivity index (χ0v) is 13.0. The van der Waals surface area contributed by atoms with Crippen molar-refractivity contribution in [3.05, 3.63) is 21.3 Å². The molecule has 2 unspecified atom stereocenters. The maximum Gasteiger partial charge on any atom is 0.102 e. The SMILES string of the molecule is OC1(c2ccc(Cl)s2)CCCCC1C1CCCCC1. The summed E-state index contributed by atoms with van der Waals surface area (Å²) in [5, 5.41) is 11.3. The van der Waals surface area contributed by atoms with Gasteiger partial charge in [0.25, 0.3) is 0 Å². The molecule has 0 bridgehead atoms. The Morgan fingerprint density at radius 2 is 1.79 bits per heavy atom. The number of hydrogen-bond acceptors (Lipinski definition) is 2. The highest BCUT2D eigenvalue weighted by Gasteiger charge is 2.45. The van der Waals surface area contributed by atoms with Gasteiger partial charge in [0.05, 0.1) is 4.34 Å². The maximum atomic E-state index is 11.3. The lowest BCUT2D eigenvalue weighted by Crippen LogP contribution is -2.42. The van der Waals surface area contributed by atoms with Gasteiger partial charge in [0.2, 0.25) is 0 Å². The normalized spacial score (nSPS) is 33.5. The fourth-order valence-corrected chi connectivity index (χ4v) is 5.42. The Bertz CT molecular complexity index is 424. The number of hydrogen-bond donors (Lipinski definition) is 1. The third kappa shape index (κ3) is 2.72. The Labute approximate surface area is 125 Å². The summed E-state index contributed by atoms with van der Waals surface area (Å²) in [6.07, 6.45) is 11.2. The van der Waals surface area contributed by atoms with Crippen LogP contribution in [0.15, 0.2) is 12.1 Å². The highest BCUT2D eigenvalue weighted by atomic mass is 35.5. The summed E-state index contributed by atoms with van der Waals surface area (Å²) in [4.78, 5) is 1.10. The fraction of sp³-hybridized carbons (Fsp3) is 0.750. The molecule has 3 rings (SSSR count). The lowest BCUT2D eigenvalue weighted by Gasteiger charge is -2.45. The quantitative estimate of drug-likeness (QED) is 0.779. The first-order valence-corrected chi connectivity index (χ1v) is 8.88. The van der Waals surface area contributed by atoms with Crippen LogP contribution in [0.1, 0.15) is 62.7 Å². The average molecular weight is 299 g/mol. The first-order valence-electron chi connectivity index (χ1n) is 7.68. The van der Waals surface area contributed by atoms with Gasteiger partial charge in [0.15, 0.2) is 0 Å². The third-order valence-electron chi connectivity index (χ3n) is 5.16. The summed E-state index contributed by atoms with van der Waals surface area (Å²) in [6.45, 7) is 0. The molecule has 0 spiro atoms. The molecular weight excluding hydrogens is 276 g/mol. The van der Waals surface area contributed by atoms with E-state index in [1.165, 1.54) is 44.9 Å². The van der Waals surface area contributed by atoms with E-state index in [-0.39, 0.29) is 0 Å². The van der Waals surface area contributed by atoms with Crippen LogP contribution in [-0.4, -0.2) is 5.11 Å². The molecule has 0 aliphatic heterocycles. The Balaban J connectivity index is 1.86. The molecule has 2 aliphatic rings. The smallest absolute Gasteiger partial charge is 0.102 e. The largest absolute Gasteiger partial charge is 0.384 e. The zero-order chi connectivity index (χ0) is 13.3. The molecule has 2 fully saturated rings. The Morgan fingerprint density at radius 1 is 1.05 bits per heavy atom. The van der Waals surface area contributed by atoms with Gasteiger partial charge in [0.1, 0.15) is 5.60 Å². The summed E-state index contributed by atoms with van der Waals surface area (Å²) in [6, 6.07) is 3.99.